The largest absolute Gasteiger partial charge is 0.303 e. The van der Waals surface area contributed by atoms with Gasteiger partial charge in [0.05, 0.1) is 0 Å². The van der Waals surface area contributed by atoms with Crippen LogP contribution in [0.1, 0.15) is 50.5 Å². The molecule has 0 spiro atoms. The van der Waals surface area contributed by atoms with Crippen LogP contribution in [-0.2, 0) is 4.79 Å². The summed E-state index contributed by atoms with van der Waals surface area (Å²) >= 11 is 0. The molecule has 2 nitrogen and oxygen atoms in total. The van der Waals surface area contributed by atoms with E-state index in [-0.39, 0.29) is 0 Å². The monoisotopic (exact) mass is 205 g/mol. The highest BCUT2D eigenvalue weighted by molar-refractivity contribution is 5.51. The molecule has 1 rings (SSSR count). The van der Waals surface area contributed by atoms with Gasteiger partial charge >= 0.3 is 0 Å². The first-order valence-corrected chi connectivity index (χ1v) is 5.72. The molecule has 0 aromatic carbocycles. The lowest BCUT2D eigenvalue weighted by Crippen LogP contribution is -2.00. The fourth-order valence-corrected chi connectivity index (χ4v) is 1.81. The van der Waals surface area contributed by atoms with Crippen LogP contribution in [0.3, 0.4) is 0 Å². The van der Waals surface area contributed by atoms with E-state index in [1.807, 2.05) is 12.1 Å². The molecule has 0 fully saturated rings. The van der Waals surface area contributed by atoms with Crippen LogP contribution >= 0.6 is 0 Å². The Morgan fingerprint density at radius 1 is 1.33 bits per heavy atom. The molecule has 2 heteroatoms. The van der Waals surface area contributed by atoms with E-state index < -0.39 is 0 Å². The lowest BCUT2D eigenvalue weighted by atomic mass is 9.91. The third kappa shape index (κ3) is 4.24. The number of pyridine rings is 1. The van der Waals surface area contributed by atoms with E-state index in [1.165, 1.54) is 24.8 Å². The average molecular weight is 205 g/mol. The number of aromatic nitrogens is 1. The summed E-state index contributed by atoms with van der Waals surface area (Å²) in [6.45, 7) is 2.20. The molecule has 0 bridgehead atoms. The molecule has 1 aromatic rings. The van der Waals surface area contributed by atoms with Crippen molar-refractivity contribution in [1.29, 1.82) is 0 Å². The van der Waals surface area contributed by atoms with E-state index in [9.17, 15) is 4.79 Å². The molecule has 82 valence electrons. The van der Waals surface area contributed by atoms with Crippen molar-refractivity contribution in [2.75, 3.05) is 0 Å². The van der Waals surface area contributed by atoms with Crippen molar-refractivity contribution in [2.24, 2.45) is 0 Å². The number of carbonyl (C=O) groups is 1. The summed E-state index contributed by atoms with van der Waals surface area (Å²) in [4.78, 5) is 14.6. The third-order valence-corrected chi connectivity index (χ3v) is 2.71. The Labute approximate surface area is 91.7 Å². The van der Waals surface area contributed by atoms with Crippen molar-refractivity contribution in [3.8, 4) is 0 Å². The maximum Gasteiger partial charge on any atom is 0.120 e. The maximum atomic E-state index is 10.6. The zero-order valence-corrected chi connectivity index (χ0v) is 9.36. The van der Waals surface area contributed by atoms with Crippen LogP contribution in [0.4, 0.5) is 0 Å². The molecule has 0 amide bonds. The highest BCUT2D eigenvalue weighted by Gasteiger charge is 2.09. The van der Waals surface area contributed by atoms with Gasteiger partial charge in [-0.2, -0.15) is 0 Å². The van der Waals surface area contributed by atoms with E-state index in [4.69, 9.17) is 0 Å². The van der Waals surface area contributed by atoms with Crippen LogP contribution in [-0.4, -0.2) is 11.3 Å². The van der Waals surface area contributed by atoms with Gasteiger partial charge in [0, 0.05) is 18.8 Å². The van der Waals surface area contributed by atoms with Crippen LogP contribution in [0.25, 0.3) is 0 Å². The van der Waals surface area contributed by atoms with Crippen LogP contribution in [0.5, 0.6) is 0 Å². The number of hydrogen-bond donors (Lipinski definition) is 0. The van der Waals surface area contributed by atoms with Gasteiger partial charge in [0.2, 0.25) is 0 Å². The Balaban J connectivity index is 2.53. The summed E-state index contributed by atoms with van der Waals surface area (Å²) in [5, 5.41) is 0. The lowest BCUT2D eigenvalue weighted by molar-refractivity contribution is -0.108. The Morgan fingerprint density at radius 3 is 2.67 bits per heavy atom. The van der Waals surface area contributed by atoms with Crippen molar-refractivity contribution < 1.29 is 4.79 Å². The predicted octanol–water partition coefficient (Wildman–Crippen LogP) is 3.33. The second kappa shape index (κ2) is 7.16. The summed E-state index contributed by atoms with van der Waals surface area (Å²) in [6, 6.07) is 4.03. The molecule has 1 heterocycles. The standard InChI is InChI=1S/C13H19NO/c1-2-3-4-5-12(8-11-15)13-6-9-14-10-7-13/h6-7,9-12H,2-5,8H2,1H3. The van der Waals surface area contributed by atoms with Crippen LogP contribution in [0.2, 0.25) is 0 Å². The molecule has 1 unspecified atom stereocenters. The number of nitrogens with zero attached hydrogens (tertiary/aromatic N) is 1. The SMILES string of the molecule is CCCCCC(CC=O)c1ccncc1. The molecular weight excluding hydrogens is 186 g/mol. The minimum atomic E-state index is 0.386. The van der Waals surface area contributed by atoms with Crippen LogP contribution < -0.4 is 0 Å². The molecule has 0 aliphatic carbocycles. The number of rotatable bonds is 7. The molecule has 1 atom stereocenters. The topological polar surface area (TPSA) is 30.0 Å². The second-order valence-electron chi connectivity index (χ2n) is 3.88. The first-order valence-electron chi connectivity index (χ1n) is 5.72. The Morgan fingerprint density at radius 2 is 2.07 bits per heavy atom. The van der Waals surface area contributed by atoms with E-state index in [0.29, 0.717) is 12.3 Å². The van der Waals surface area contributed by atoms with Gasteiger partial charge in [0.25, 0.3) is 0 Å². The lowest BCUT2D eigenvalue weighted by Gasteiger charge is -2.13. The molecule has 0 N–H and O–H groups in total. The van der Waals surface area contributed by atoms with Gasteiger partial charge in [-0.1, -0.05) is 26.2 Å². The van der Waals surface area contributed by atoms with Crippen LogP contribution in [0.15, 0.2) is 24.5 Å². The van der Waals surface area contributed by atoms with Crippen LogP contribution in [0, 0.1) is 0 Å². The normalized spacial score (nSPS) is 12.3. The highest BCUT2D eigenvalue weighted by atomic mass is 16.1. The molecular formula is C13H19NO. The molecule has 0 saturated heterocycles. The van der Waals surface area contributed by atoms with Crippen molar-refractivity contribution in [2.45, 2.75) is 44.9 Å². The fourth-order valence-electron chi connectivity index (χ4n) is 1.81. The van der Waals surface area contributed by atoms with Gasteiger partial charge in [-0.15, -0.1) is 0 Å². The van der Waals surface area contributed by atoms with Crippen molar-refractivity contribution in [1.82, 2.24) is 4.98 Å². The van der Waals surface area contributed by atoms with E-state index >= 15 is 0 Å². The summed E-state index contributed by atoms with van der Waals surface area (Å²) in [6.07, 6.45) is 10.0. The summed E-state index contributed by atoms with van der Waals surface area (Å²) in [5.41, 5.74) is 1.24. The van der Waals surface area contributed by atoms with Gasteiger partial charge in [0.15, 0.2) is 0 Å². The van der Waals surface area contributed by atoms with Crippen molar-refractivity contribution in [3.05, 3.63) is 30.1 Å². The van der Waals surface area contributed by atoms with Crippen molar-refractivity contribution in [3.63, 3.8) is 0 Å². The average Bonchev–Trinajstić information content (AvgIpc) is 2.29. The van der Waals surface area contributed by atoms with Gasteiger partial charge in [-0.25, -0.2) is 0 Å². The number of aldehydes is 1. The molecule has 0 aliphatic heterocycles. The minimum Gasteiger partial charge on any atom is -0.303 e. The van der Waals surface area contributed by atoms with E-state index in [1.54, 1.807) is 12.4 Å². The molecule has 0 radical (unpaired) electrons. The fraction of sp³-hybridized carbons (Fsp3) is 0.538. The summed E-state index contributed by atoms with van der Waals surface area (Å²) in [5.74, 6) is 0.386. The molecule has 15 heavy (non-hydrogen) atoms. The van der Waals surface area contributed by atoms with E-state index in [2.05, 4.69) is 11.9 Å². The smallest absolute Gasteiger partial charge is 0.120 e. The molecule has 1 aromatic heterocycles. The Kier molecular flexibility index (Phi) is 5.67. The molecule has 0 saturated carbocycles. The number of carbonyl (C=O) groups excluding carboxylic acids is 1. The molecule has 0 aliphatic rings. The summed E-state index contributed by atoms with van der Waals surface area (Å²) < 4.78 is 0. The highest BCUT2D eigenvalue weighted by Crippen LogP contribution is 2.24. The number of unbranched alkanes of at least 4 members (excludes halogenated alkanes) is 2. The van der Waals surface area contributed by atoms with Gasteiger partial charge < -0.3 is 4.79 Å². The quantitative estimate of drug-likeness (QED) is 0.505. The summed E-state index contributed by atoms with van der Waals surface area (Å²) in [7, 11) is 0. The Bertz CT molecular complexity index is 271. The number of hydrogen-bond acceptors (Lipinski definition) is 2. The van der Waals surface area contributed by atoms with Gasteiger partial charge in [0.1, 0.15) is 6.29 Å². The first-order chi connectivity index (χ1) is 7.38. The Hall–Kier alpha value is -1.18. The zero-order valence-electron chi connectivity index (χ0n) is 9.36. The van der Waals surface area contributed by atoms with Gasteiger partial charge in [-0.05, 0) is 30.0 Å². The third-order valence-electron chi connectivity index (χ3n) is 2.71. The minimum absolute atomic E-state index is 0.386. The second-order valence-corrected chi connectivity index (χ2v) is 3.88. The van der Waals surface area contributed by atoms with Crippen molar-refractivity contribution >= 4 is 6.29 Å². The zero-order chi connectivity index (χ0) is 10.9. The van der Waals surface area contributed by atoms with E-state index in [0.717, 1.165) is 12.7 Å². The predicted molar refractivity (Wildman–Crippen MR) is 61.8 cm³/mol. The maximum absolute atomic E-state index is 10.6. The van der Waals surface area contributed by atoms with Gasteiger partial charge in [-0.3, -0.25) is 4.98 Å². The first kappa shape index (κ1) is 11.9.